The van der Waals surface area contributed by atoms with Gasteiger partial charge in [-0.1, -0.05) is 19.1 Å². The number of alkyl halides is 3. The highest BCUT2D eigenvalue weighted by atomic mass is 19.4. The molecule has 1 fully saturated rings. The van der Waals surface area contributed by atoms with Crippen molar-refractivity contribution in [2.24, 2.45) is 22.1 Å². The molecule has 2 aliphatic carbocycles. The molecule has 2 aromatic rings. The van der Waals surface area contributed by atoms with E-state index in [2.05, 4.69) is 16.9 Å². The summed E-state index contributed by atoms with van der Waals surface area (Å²) in [5.41, 5.74) is 5.40. The van der Waals surface area contributed by atoms with Crippen LogP contribution in [0.1, 0.15) is 45.6 Å². The minimum atomic E-state index is -4.52. The maximum Gasteiger partial charge on any atom is 0.417 e. The lowest BCUT2D eigenvalue weighted by atomic mass is 9.59. The Balaban J connectivity index is 1.67. The molecule has 0 bridgehead atoms. The summed E-state index contributed by atoms with van der Waals surface area (Å²) >= 11 is 0. The van der Waals surface area contributed by atoms with Crippen molar-refractivity contribution < 1.29 is 25.4 Å². The minimum Gasteiger partial charge on any atom is -0.462 e. The van der Waals surface area contributed by atoms with Gasteiger partial charge in [0.2, 0.25) is 0 Å². The van der Waals surface area contributed by atoms with E-state index < -0.39 is 29.3 Å². The van der Waals surface area contributed by atoms with Gasteiger partial charge in [-0.2, -0.15) is 13.2 Å². The van der Waals surface area contributed by atoms with Crippen LogP contribution in [0.25, 0.3) is 11.1 Å². The summed E-state index contributed by atoms with van der Waals surface area (Å²) in [5.74, 6) is 0.157. The number of fused-ring (bicyclic) bond motifs is 3. The molecule has 1 saturated carbocycles. The van der Waals surface area contributed by atoms with Gasteiger partial charge in [0.05, 0.1) is 14.4 Å². The summed E-state index contributed by atoms with van der Waals surface area (Å²) in [6, 6.07) is 6.18. The van der Waals surface area contributed by atoms with Crippen LogP contribution in [0, 0.1) is 11.3 Å². The highest BCUT2D eigenvalue weighted by Crippen LogP contribution is 2.62. The molecule has 8 heteroatoms. The largest absolute Gasteiger partial charge is 0.462 e. The van der Waals surface area contributed by atoms with E-state index in [1.165, 1.54) is 6.20 Å². The van der Waals surface area contributed by atoms with Crippen LogP contribution in [0.5, 0.6) is 0 Å². The van der Waals surface area contributed by atoms with E-state index in [0.717, 1.165) is 24.2 Å². The third kappa shape index (κ3) is 3.10. The van der Waals surface area contributed by atoms with Crippen LogP contribution in [-0.4, -0.2) is 30.8 Å². The average molecular weight is 447 g/mol. The summed E-state index contributed by atoms with van der Waals surface area (Å²) in [6.45, 7) is -0.128. The number of hydrogen-bond acceptors (Lipinski definition) is 5. The zero-order valence-electron chi connectivity index (χ0n) is 19.9. The van der Waals surface area contributed by atoms with Crippen molar-refractivity contribution in [3.05, 3.63) is 53.3 Å². The predicted molar refractivity (Wildman–Crippen MR) is 114 cm³/mol. The van der Waals surface area contributed by atoms with Crippen LogP contribution < -0.4 is 5.73 Å². The molecule has 0 amide bonds. The Bertz CT molecular complexity index is 1170. The zero-order valence-corrected chi connectivity index (χ0v) is 17.9. The van der Waals surface area contributed by atoms with E-state index in [4.69, 9.17) is 17.9 Å². The van der Waals surface area contributed by atoms with Crippen LogP contribution in [0.4, 0.5) is 13.2 Å². The molecule has 4 atom stereocenters. The van der Waals surface area contributed by atoms with Gasteiger partial charge >= 0.3 is 6.18 Å². The smallest absolute Gasteiger partial charge is 0.417 e. The Kier molecular flexibility index (Phi) is 4.26. The van der Waals surface area contributed by atoms with Crippen molar-refractivity contribution in [3.63, 3.8) is 0 Å². The van der Waals surface area contributed by atoms with E-state index in [-0.39, 0.29) is 18.0 Å². The van der Waals surface area contributed by atoms with E-state index in [1.807, 2.05) is 6.07 Å². The van der Waals surface area contributed by atoms with Gasteiger partial charge in [-0.05, 0) is 60.4 Å². The number of rotatable bonds is 2. The SMILES string of the molecule is [2H]C1([2H])OC(N)=N[C@]12c1cc(-c3cncc(C(F)(F)F)c3)ccc1C[C@@]21CC[C@H](OC)[C@@H](C)C1. The zero-order chi connectivity index (χ0) is 24.5. The van der Waals surface area contributed by atoms with E-state index in [1.54, 1.807) is 19.2 Å². The van der Waals surface area contributed by atoms with Gasteiger partial charge in [0.15, 0.2) is 0 Å². The van der Waals surface area contributed by atoms with E-state index in [9.17, 15) is 13.2 Å². The minimum absolute atomic E-state index is 0.0626. The number of pyridine rings is 1. The second kappa shape index (κ2) is 7.20. The van der Waals surface area contributed by atoms with Gasteiger partial charge in [0.1, 0.15) is 12.1 Å². The molecule has 5 nitrogen and oxygen atoms in total. The number of amidine groups is 1. The second-order valence-electron chi connectivity index (χ2n) is 9.15. The number of aromatic nitrogens is 1. The lowest BCUT2D eigenvalue weighted by molar-refractivity contribution is -0.137. The molecular weight excluding hydrogens is 419 g/mol. The summed E-state index contributed by atoms with van der Waals surface area (Å²) < 4.78 is 68.6. The molecule has 5 rings (SSSR count). The normalized spacial score (nSPS) is 34.1. The Hall–Kier alpha value is -2.61. The standard InChI is InChI=1S/C24H26F3N3O2/c1-14-9-22(6-5-20(14)31-2)10-16-4-3-15(8-19(16)23(22)13-32-21(28)30-23)17-7-18(12-29-11-17)24(25,26)27/h3-4,7-8,11-12,14,20H,5-6,9-10,13H2,1-2H3,(H2,28,30)/t14-,20-,22-,23-/m0/s1/i13D2. The molecule has 0 saturated heterocycles. The molecule has 1 aromatic carbocycles. The Morgan fingerprint density at radius 3 is 2.72 bits per heavy atom. The molecule has 1 aliphatic heterocycles. The van der Waals surface area contributed by atoms with Crippen LogP contribution >= 0.6 is 0 Å². The van der Waals surface area contributed by atoms with Crippen molar-refractivity contribution >= 4 is 6.02 Å². The monoisotopic (exact) mass is 447 g/mol. The van der Waals surface area contributed by atoms with Gasteiger partial charge in [-0.25, -0.2) is 4.99 Å². The lowest BCUT2D eigenvalue weighted by Crippen LogP contribution is -2.48. The van der Waals surface area contributed by atoms with Crippen molar-refractivity contribution in [1.82, 2.24) is 4.98 Å². The number of hydrogen-bond donors (Lipinski definition) is 1. The number of aliphatic imine (C=N–C) groups is 1. The molecule has 170 valence electrons. The van der Waals surface area contributed by atoms with Crippen LogP contribution in [0.3, 0.4) is 0 Å². The molecule has 2 spiro atoms. The van der Waals surface area contributed by atoms with E-state index in [0.29, 0.717) is 36.0 Å². The second-order valence-corrected chi connectivity index (χ2v) is 9.15. The fourth-order valence-electron chi connectivity index (χ4n) is 5.85. The fraction of sp³-hybridized carbons (Fsp3) is 0.500. The molecule has 0 radical (unpaired) electrons. The summed E-state index contributed by atoms with van der Waals surface area (Å²) in [5, 5.41) is 0. The third-order valence-corrected chi connectivity index (χ3v) is 7.33. The van der Waals surface area contributed by atoms with Gasteiger partial charge in [-0.3, -0.25) is 4.98 Å². The van der Waals surface area contributed by atoms with Gasteiger partial charge in [-0.15, -0.1) is 0 Å². The van der Waals surface area contributed by atoms with Crippen molar-refractivity contribution in [2.75, 3.05) is 13.7 Å². The van der Waals surface area contributed by atoms with Crippen molar-refractivity contribution in [2.45, 2.75) is 50.4 Å². The number of benzene rings is 1. The first-order valence-electron chi connectivity index (χ1n) is 11.7. The third-order valence-electron chi connectivity index (χ3n) is 7.33. The predicted octanol–water partition coefficient (Wildman–Crippen LogP) is 4.69. The number of halogens is 3. The topological polar surface area (TPSA) is 69.7 Å². The van der Waals surface area contributed by atoms with Gasteiger partial charge in [0.25, 0.3) is 6.02 Å². The first kappa shape index (κ1) is 18.9. The highest BCUT2D eigenvalue weighted by molar-refractivity contribution is 5.76. The Morgan fingerprint density at radius 1 is 1.25 bits per heavy atom. The van der Waals surface area contributed by atoms with Gasteiger partial charge in [0, 0.05) is 30.5 Å². The quantitative estimate of drug-likeness (QED) is 0.726. The maximum atomic E-state index is 13.3. The maximum absolute atomic E-state index is 13.3. The number of nitrogens with zero attached hydrogens (tertiary/aromatic N) is 2. The lowest BCUT2D eigenvalue weighted by Gasteiger charge is -2.47. The summed E-state index contributed by atoms with van der Waals surface area (Å²) in [6.07, 6.45) is 0.330. The summed E-state index contributed by atoms with van der Waals surface area (Å²) in [4.78, 5) is 8.41. The van der Waals surface area contributed by atoms with E-state index >= 15 is 0 Å². The molecule has 3 aliphatic rings. The highest BCUT2D eigenvalue weighted by Gasteiger charge is 2.62. The van der Waals surface area contributed by atoms with Crippen molar-refractivity contribution in [1.29, 1.82) is 0 Å². The first-order chi connectivity index (χ1) is 15.9. The fourth-order valence-corrected chi connectivity index (χ4v) is 5.85. The molecule has 32 heavy (non-hydrogen) atoms. The molecule has 2 N–H and O–H groups in total. The number of methoxy groups -OCH3 is 1. The summed E-state index contributed by atoms with van der Waals surface area (Å²) in [7, 11) is 1.68. The average Bonchev–Trinajstić information content (AvgIpc) is 3.17. The van der Waals surface area contributed by atoms with Crippen LogP contribution in [0.2, 0.25) is 0 Å². The molecule has 0 unspecified atom stereocenters. The van der Waals surface area contributed by atoms with Crippen molar-refractivity contribution in [3.8, 4) is 11.1 Å². The first-order valence-corrected chi connectivity index (χ1v) is 10.7. The van der Waals surface area contributed by atoms with Crippen LogP contribution in [0.15, 0.2) is 41.7 Å². The Morgan fingerprint density at radius 2 is 2.06 bits per heavy atom. The Labute approximate surface area is 187 Å². The molecular formula is C24H26F3N3O2. The molecule has 1 aromatic heterocycles. The number of nitrogens with two attached hydrogens (primary N) is 1. The molecule has 2 heterocycles. The van der Waals surface area contributed by atoms with Crippen LogP contribution in [-0.2, 0) is 27.6 Å². The number of ether oxygens (including phenoxy) is 2. The van der Waals surface area contributed by atoms with Gasteiger partial charge < -0.3 is 15.2 Å².